The minimum Gasteiger partial charge on any atom is -0.465 e. The van der Waals surface area contributed by atoms with Gasteiger partial charge in [-0.05, 0) is 51.5 Å². The van der Waals surface area contributed by atoms with Gasteiger partial charge in [-0.15, -0.1) is 0 Å². The van der Waals surface area contributed by atoms with E-state index in [1.165, 1.54) is 30.6 Å². The highest BCUT2D eigenvalue weighted by Gasteiger charge is 2.51. The van der Waals surface area contributed by atoms with Gasteiger partial charge in [0, 0.05) is 23.6 Å². The molecule has 3 unspecified atom stereocenters. The SMILES string of the molecule is CCOC(=O)C(C/C=C\S(=O)c1ccc(C)cc1)(CC1OC(OC(C)=O)C=CC1=O)C(=O)OCC. The van der Waals surface area contributed by atoms with Crippen molar-refractivity contribution in [1.82, 2.24) is 0 Å². The number of carbonyl (C=O) groups excluding carboxylic acids is 4. The van der Waals surface area contributed by atoms with Gasteiger partial charge in [-0.25, -0.2) is 4.21 Å². The van der Waals surface area contributed by atoms with E-state index in [0.717, 1.165) is 5.56 Å². The van der Waals surface area contributed by atoms with Crippen molar-refractivity contribution < 1.29 is 42.3 Å². The molecule has 0 N–H and O–H groups in total. The van der Waals surface area contributed by atoms with E-state index in [-0.39, 0.29) is 19.6 Å². The Kier molecular flexibility index (Phi) is 10.5. The summed E-state index contributed by atoms with van der Waals surface area (Å²) in [6.07, 6.45) is 0.754. The minimum atomic E-state index is -1.95. The quantitative estimate of drug-likeness (QED) is 0.253. The fraction of sp³-hybridized carbons (Fsp3) is 0.440. The summed E-state index contributed by atoms with van der Waals surface area (Å²) in [5.41, 5.74) is -0.941. The summed E-state index contributed by atoms with van der Waals surface area (Å²) >= 11 is 0. The predicted octanol–water partition coefficient (Wildman–Crippen LogP) is 2.92. The largest absolute Gasteiger partial charge is 0.465 e. The summed E-state index contributed by atoms with van der Waals surface area (Å²) in [6.45, 7) is 6.22. The van der Waals surface area contributed by atoms with Crippen LogP contribution in [-0.2, 0) is 48.9 Å². The van der Waals surface area contributed by atoms with Gasteiger partial charge in [0.15, 0.2) is 11.2 Å². The number of hydrogen-bond donors (Lipinski definition) is 0. The van der Waals surface area contributed by atoms with E-state index in [9.17, 15) is 23.4 Å². The summed E-state index contributed by atoms with van der Waals surface area (Å²) in [4.78, 5) is 50.6. The molecule has 0 amide bonds. The van der Waals surface area contributed by atoms with Gasteiger partial charge in [-0.1, -0.05) is 23.8 Å². The van der Waals surface area contributed by atoms with Crippen LogP contribution in [0.1, 0.15) is 39.2 Å². The Hall–Kier alpha value is -3.11. The maximum atomic E-state index is 13.1. The van der Waals surface area contributed by atoms with E-state index in [1.807, 2.05) is 19.1 Å². The maximum Gasteiger partial charge on any atom is 0.323 e. The first kappa shape index (κ1) is 28.1. The average molecular weight is 507 g/mol. The zero-order valence-corrected chi connectivity index (χ0v) is 21.0. The normalized spacial score (nSPS) is 18.8. The number of ketones is 1. The second-order valence-corrected chi connectivity index (χ2v) is 9.12. The third-order valence-electron chi connectivity index (χ3n) is 5.12. The number of hydrogen-bond acceptors (Lipinski definition) is 9. The van der Waals surface area contributed by atoms with E-state index in [1.54, 1.807) is 26.0 Å². The molecule has 35 heavy (non-hydrogen) atoms. The molecular weight excluding hydrogens is 476 g/mol. The Morgan fingerprint density at radius 1 is 1.09 bits per heavy atom. The number of ether oxygens (including phenoxy) is 4. The van der Waals surface area contributed by atoms with Crippen LogP contribution >= 0.6 is 0 Å². The monoisotopic (exact) mass is 506 g/mol. The molecule has 1 aromatic rings. The molecule has 0 saturated heterocycles. The summed E-state index contributed by atoms with van der Waals surface area (Å²) < 4.78 is 33.6. The van der Waals surface area contributed by atoms with Gasteiger partial charge in [0.25, 0.3) is 0 Å². The highest BCUT2D eigenvalue weighted by atomic mass is 32.2. The van der Waals surface area contributed by atoms with Crippen LogP contribution < -0.4 is 0 Å². The van der Waals surface area contributed by atoms with Crippen LogP contribution in [0, 0.1) is 12.3 Å². The second-order valence-electron chi connectivity index (χ2n) is 7.78. The average Bonchev–Trinajstić information content (AvgIpc) is 2.80. The molecule has 2 rings (SSSR count). The standard InChI is InChI=1S/C25H30O9S/c1-5-31-23(28)25(24(29)32-6-2,14-7-15-35(30)19-10-8-17(3)9-11-19)16-21-20(27)12-13-22(34-21)33-18(4)26/h7-13,15,21-22H,5-6,14,16H2,1-4H3/b15-7-. The molecule has 9 nitrogen and oxygen atoms in total. The molecule has 0 aliphatic carbocycles. The second kappa shape index (κ2) is 13.1. The Morgan fingerprint density at radius 2 is 1.69 bits per heavy atom. The molecule has 1 aliphatic heterocycles. The van der Waals surface area contributed by atoms with Crippen LogP contribution in [0.15, 0.2) is 52.8 Å². The molecule has 0 radical (unpaired) electrons. The summed E-state index contributed by atoms with van der Waals surface area (Å²) in [7, 11) is -1.54. The summed E-state index contributed by atoms with van der Waals surface area (Å²) in [5.74, 6) is -2.95. The molecule has 1 aliphatic rings. The van der Waals surface area contributed by atoms with Crippen LogP contribution in [0.25, 0.3) is 0 Å². The molecular formula is C25H30O9S. The predicted molar refractivity (Wildman–Crippen MR) is 126 cm³/mol. The number of allylic oxidation sites excluding steroid dienone is 1. The number of aryl methyl sites for hydroxylation is 1. The third kappa shape index (κ3) is 7.69. The lowest BCUT2D eigenvalue weighted by atomic mass is 9.78. The maximum absolute atomic E-state index is 13.1. The van der Waals surface area contributed by atoms with Crippen molar-refractivity contribution in [2.45, 2.75) is 57.8 Å². The molecule has 1 aromatic carbocycles. The van der Waals surface area contributed by atoms with E-state index < -0.39 is 58.7 Å². The zero-order valence-electron chi connectivity index (χ0n) is 20.2. The molecule has 3 atom stereocenters. The summed E-state index contributed by atoms with van der Waals surface area (Å²) in [5, 5.41) is 1.36. The number of carbonyl (C=O) groups is 4. The van der Waals surface area contributed by atoms with Gasteiger partial charge in [-0.3, -0.25) is 19.2 Å². The van der Waals surface area contributed by atoms with Crippen LogP contribution in [0.2, 0.25) is 0 Å². The van der Waals surface area contributed by atoms with Gasteiger partial charge >= 0.3 is 17.9 Å². The smallest absolute Gasteiger partial charge is 0.323 e. The zero-order chi connectivity index (χ0) is 26.0. The van der Waals surface area contributed by atoms with Crippen molar-refractivity contribution in [3.05, 3.63) is 53.5 Å². The van der Waals surface area contributed by atoms with E-state index in [4.69, 9.17) is 18.9 Å². The van der Waals surface area contributed by atoms with Crippen molar-refractivity contribution >= 4 is 34.5 Å². The molecule has 0 fully saturated rings. The van der Waals surface area contributed by atoms with Crippen LogP contribution in [0.4, 0.5) is 0 Å². The van der Waals surface area contributed by atoms with Crippen molar-refractivity contribution in [2.75, 3.05) is 13.2 Å². The molecule has 0 bridgehead atoms. The molecule has 0 spiro atoms. The summed E-state index contributed by atoms with van der Waals surface area (Å²) in [6, 6.07) is 7.08. The first-order valence-electron chi connectivity index (χ1n) is 11.2. The minimum absolute atomic E-state index is 0.0194. The number of rotatable bonds is 11. The van der Waals surface area contributed by atoms with E-state index >= 15 is 0 Å². The Morgan fingerprint density at radius 3 is 2.23 bits per heavy atom. The van der Waals surface area contributed by atoms with Crippen molar-refractivity contribution in [3.63, 3.8) is 0 Å². The first-order valence-corrected chi connectivity index (χ1v) is 12.4. The van der Waals surface area contributed by atoms with Gasteiger partial charge in [0.05, 0.1) is 24.0 Å². The van der Waals surface area contributed by atoms with Gasteiger partial charge in [0.2, 0.25) is 6.29 Å². The van der Waals surface area contributed by atoms with Crippen molar-refractivity contribution in [1.29, 1.82) is 0 Å². The number of benzene rings is 1. The van der Waals surface area contributed by atoms with E-state index in [2.05, 4.69) is 0 Å². The highest BCUT2D eigenvalue weighted by molar-refractivity contribution is 7.88. The Labute approximate surface area is 206 Å². The lowest BCUT2D eigenvalue weighted by Crippen LogP contribution is -2.47. The lowest BCUT2D eigenvalue weighted by Gasteiger charge is -2.33. The topological polar surface area (TPSA) is 122 Å². The molecule has 0 aromatic heterocycles. The van der Waals surface area contributed by atoms with Gasteiger partial charge in [-0.2, -0.15) is 0 Å². The van der Waals surface area contributed by atoms with Crippen LogP contribution in [0.3, 0.4) is 0 Å². The van der Waals surface area contributed by atoms with Crippen LogP contribution in [-0.4, -0.2) is 53.5 Å². The third-order valence-corrected chi connectivity index (χ3v) is 6.30. The first-order chi connectivity index (χ1) is 16.6. The van der Waals surface area contributed by atoms with Crippen molar-refractivity contribution in [2.24, 2.45) is 5.41 Å². The van der Waals surface area contributed by atoms with Crippen LogP contribution in [0.5, 0.6) is 0 Å². The highest BCUT2D eigenvalue weighted by Crippen LogP contribution is 2.35. The Balaban J connectivity index is 2.37. The molecule has 10 heteroatoms. The molecule has 190 valence electrons. The Bertz CT molecular complexity index is 992. The van der Waals surface area contributed by atoms with Gasteiger partial charge < -0.3 is 18.9 Å². The molecule has 0 saturated carbocycles. The lowest BCUT2D eigenvalue weighted by molar-refractivity contribution is -0.190. The number of esters is 3. The van der Waals surface area contributed by atoms with E-state index in [0.29, 0.717) is 4.90 Å². The fourth-order valence-electron chi connectivity index (χ4n) is 3.38. The fourth-order valence-corrected chi connectivity index (χ4v) is 4.21. The molecule has 1 heterocycles. The van der Waals surface area contributed by atoms with Gasteiger partial charge in [0.1, 0.15) is 6.10 Å². The van der Waals surface area contributed by atoms with Crippen molar-refractivity contribution in [3.8, 4) is 0 Å².